The first kappa shape index (κ1) is 12.9. The highest BCUT2D eigenvalue weighted by Crippen LogP contribution is 2.38. The van der Waals surface area contributed by atoms with Crippen molar-refractivity contribution >= 4 is 28.5 Å². The molecule has 0 spiro atoms. The zero-order valence-corrected chi connectivity index (χ0v) is 12.4. The summed E-state index contributed by atoms with van der Waals surface area (Å²) in [6, 6.07) is 6.72. The highest BCUT2D eigenvalue weighted by Gasteiger charge is 2.27. The molecule has 3 nitrogen and oxygen atoms in total. The fourth-order valence-corrected chi connectivity index (χ4v) is 3.97. The van der Waals surface area contributed by atoms with Crippen molar-refractivity contribution in [3.63, 3.8) is 0 Å². The SMILES string of the molecule is CCc1nc2cc(N)ccc2n1C1CCC(SC)C1. The van der Waals surface area contributed by atoms with Crippen molar-refractivity contribution in [2.45, 2.75) is 43.9 Å². The van der Waals surface area contributed by atoms with Crippen molar-refractivity contribution in [2.75, 3.05) is 12.0 Å². The van der Waals surface area contributed by atoms with Gasteiger partial charge in [0.05, 0.1) is 11.0 Å². The Kier molecular flexibility index (Phi) is 3.44. The molecule has 1 aliphatic rings. The summed E-state index contributed by atoms with van der Waals surface area (Å²) in [4.78, 5) is 4.76. The summed E-state index contributed by atoms with van der Waals surface area (Å²) in [5.41, 5.74) is 8.96. The number of nitrogens with two attached hydrogens (primary N) is 1. The van der Waals surface area contributed by atoms with E-state index in [9.17, 15) is 0 Å². The van der Waals surface area contributed by atoms with Crippen LogP contribution in [0.1, 0.15) is 38.1 Å². The maximum atomic E-state index is 5.87. The number of fused-ring (bicyclic) bond motifs is 1. The molecule has 2 unspecified atom stereocenters. The van der Waals surface area contributed by atoms with Gasteiger partial charge in [-0.1, -0.05) is 6.92 Å². The molecule has 0 saturated heterocycles. The van der Waals surface area contributed by atoms with Gasteiger partial charge in [-0.3, -0.25) is 0 Å². The molecule has 0 radical (unpaired) electrons. The molecule has 1 heterocycles. The topological polar surface area (TPSA) is 43.8 Å². The minimum atomic E-state index is 0.612. The van der Waals surface area contributed by atoms with Gasteiger partial charge in [-0.05, 0) is 43.7 Å². The quantitative estimate of drug-likeness (QED) is 0.870. The Balaban J connectivity index is 2.06. The van der Waals surface area contributed by atoms with Gasteiger partial charge in [0.2, 0.25) is 0 Å². The second kappa shape index (κ2) is 5.08. The summed E-state index contributed by atoms with van der Waals surface area (Å²) in [7, 11) is 0. The first-order chi connectivity index (χ1) is 9.22. The molecule has 0 bridgehead atoms. The van der Waals surface area contributed by atoms with E-state index in [1.54, 1.807) is 0 Å². The molecule has 0 amide bonds. The number of anilines is 1. The van der Waals surface area contributed by atoms with Gasteiger partial charge in [-0.2, -0.15) is 11.8 Å². The van der Waals surface area contributed by atoms with Crippen LogP contribution in [0, 0.1) is 0 Å². The van der Waals surface area contributed by atoms with E-state index < -0.39 is 0 Å². The van der Waals surface area contributed by atoms with E-state index in [0.29, 0.717) is 6.04 Å². The molecule has 1 saturated carbocycles. The van der Waals surface area contributed by atoms with E-state index in [1.165, 1.54) is 30.6 Å². The third-order valence-corrected chi connectivity index (χ3v) is 5.25. The smallest absolute Gasteiger partial charge is 0.109 e. The van der Waals surface area contributed by atoms with Crippen LogP contribution in [-0.2, 0) is 6.42 Å². The first-order valence-corrected chi connectivity index (χ1v) is 8.30. The summed E-state index contributed by atoms with van der Waals surface area (Å²) >= 11 is 2.00. The number of nitrogen functional groups attached to an aromatic ring is 1. The Morgan fingerprint density at radius 2 is 2.26 bits per heavy atom. The van der Waals surface area contributed by atoms with Crippen LogP contribution < -0.4 is 5.73 Å². The fraction of sp³-hybridized carbons (Fsp3) is 0.533. The maximum Gasteiger partial charge on any atom is 0.109 e. The van der Waals surface area contributed by atoms with Crippen molar-refractivity contribution < 1.29 is 0 Å². The summed E-state index contributed by atoms with van der Waals surface area (Å²) < 4.78 is 2.46. The largest absolute Gasteiger partial charge is 0.399 e. The van der Waals surface area contributed by atoms with E-state index in [-0.39, 0.29) is 0 Å². The summed E-state index contributed by atoms with van der Waals surface area (Å²) in [5.74, 6) is 1.20. The summed E-state index contributed by atoms with van der Waals surface area (Å²) in [6.45, 7) is 2.18. The zero-order valence-electron chi connectivity index (χ0n) is 11.6. The molecule has 3 rings (SSSR count). The summed E-state index contributed by atoms with van der Waals surface area (Å²) in [6.07, 6.45) is 7.07. The average Bonchev–Trinajstić information content (AvgIpc) is 3.00. The van der Waals surface area contributed by atoms with Crippen molar-refractivity contribution in [2.24, 2.45) is 0 Å². The third kappa shape index (κ3) is 2.22. The molecule has 1 fully saturated rings. The lowest BCUT2D eigenvalue weighted by atomic mass is 10.2. The van der Waals surface area contributed by atoms with Gasteiger partial charge >= 0.3 is 0 Å². The number of benzene rings is 1. The highest BCUT2D eigenvalue weighted by atomic mass is 32.2. The van der Waals surface area contributed by atoms with E-state index in [0.717, 1.165) is 22.9 Å². The van der Waals surface area contributed by atoms with Crippen molar-refractivity contribution in [1.82, 2.24) is 9.55 Å². The van der Waals surface area contributed by atoms with Gasteiger partial charge < -0.3 is 10.3 Å². The number of rotatable bonds is 3. The molecule has 1 aliphatic carbocycles. The Labute approximate surface area is 118 Å². The number of hydrogen-bond acceptors (Lipinski definition) is 3. The standard InChI is InChI=1S/C15H21N3S/c1-3-15-17-13-8-10(16)4-7-14(13)18(15)11-5-6-12(9-11)19-2/h4,7-8,11-12H,3,5-6,9,16H2,1-2H3. The molecule has 2 N–H and O–H groups in total. The molecule has 2 atom stereocenters. The van der Waals surface area contributed by atoms with Gasteiger partial charge in [0, 0.05) is 23.4 Å². The van der Waals surface area contributed by atoms with Crippen LogP contribution in [0.15, 0.2) is 18.2 Å². The Bertz CT molecular complexity index is 590. The molecule has 19 heavy (non-hydrogen) atoms. The van der Waals surface area contributed by atoms with Crippen LogP contribution in [0.2, 0.25) is 0 Å². The van der Waals surface area contributed by atoms with Crippen LogP contribution in [0.25, 0.3) is 11.0 Å². The fourth-order valence-electron chi connectivity index (χ4n) is 3.19. The van der Waals surface area contributed by atoms with Crippen LogP contribution in [-0.4, -0.2) is 21.1 Å². The van der Waals surface area contributed by atoms with E-state index in [4.69, 9.17) is 10.7 Å². The molecule has 1 aromatic heterocycles. The first-order valence-electron chi connectivity index (χ1n) is 7.02. The maximum absolute atomic E-state index is 5.87. The van der Waals surface area contributed by atoms with Gasteiger partial charge in [0.25, 0.3) is 0 Å². The van der Waals surface area contributed by atoms with Crippen LogP contribution >= 0.6 is 11.8 Å². The van der Waals surface area contributed by atoms with Gasteiger partial charge in [0.1, 0.15) is 5.82 Å². The molecule has 1 aromatic carbocycles. The normalized spacial score (nSPS) is 23.3. The predicted molar refractivity (Wildman–Crippen MR) is 83.7 cm³/mol. The van der Waals surface area contributed by atoms with E-state index in [1.807, 2.05) is 23.9 Å². The van der Waals surface area contributed by atoms with Crippen molar-refractivity contribution in [1.29, 1.82) is 0 Å². The van der Waals surface area contributed by atoms with Crippen LogP contribution in [0.5, 0.6) is 0 Å². The highest BCUT2D eigenvalue weighted by molar-refractivity contribution is 7.99. The predicted octanol–water partition coefficient (Wildman–Crippen LogP) is 3.64. The Hall–Kier alpha value is -1.16. The molecule has 4 heteroatoms. The molecular weight excluding hydrogens is 254 g/mol. The lowest BCUT2D eigenvalue weighted by Crippen LogP contribution is -2.09. The average molecular weight is 275 g/mol. The number of imidazole rings is 1. The van der Waals surface area contributed by atoms with Crippen LogP contribution in [0.3, 0.4) is 0 Å². The molecule has 102 valence electrons. The number of nitrogens with zero attached hydrogens (tertiary/aromatic N) is 2. The van der Waals surface area contributed by atoms with Gasteiger partial charge in [-0.15, -0.1) is 0 Å². The van der Waals surface area contributed by atoms with Crippen molar-refractivity contribution in [3.05, 3.63) is 24.0 Å². The van der Waals surface area contributed by atoms with Gasteiger partial charge in [0.15, 0.2) is 0 Å². The van der Waals surface area contributed by atoms with E-state index in [2.05, 4.69) is 23.8 Å². The Morgan fingerprint density at radius 3 is 2.95 bits per heavy atom. The van der Waals surface area contributed by atoms with Crippen LogP contribution in [0.4, 0.5) is 5.69 Å². The minimum absolute atomic E-state index is 0.612. The van der Waals surface area contributed by atoms with E-state index >= 15 is 0 Å². The molecule has 2 aromatic rings. The number of hydrogen-bond donors (Lipinski definition) is 1. The number of aromatic nitrogens is 2. The monoisotopic (exact) mass is 275 g/mol. The number of aryl methyl sites for hydroxylation is 1. The second-order valence-corrected chi connectivity index (χ2v) is 6.46. The Morgan fingerprint density at radius 1 is 1.42 bits per heavy atom. The van der Waals surface area contributed by atoms with Crippen molar-refractivity contribution in [3.8, 4) is 0 Å². The zero-order chi connectivity index (χ0) is 13.4. The third-order valence-electron chi connectivity index (χ3n) is 4.16. The lowest BCUT2D eigenvalue weighted by molar-refractivity contribution is 0.514. The minimum Gasteiger partial charge on any atom is -0.399 e. The molecule has 0 aliphatic heterocycles. The molecular formula is C15H21N3S. The van der Waals surface area contributed by atoms with Gasteiger partial charge in [-0.25, -0.2) is 4.98 Å². The lowest BCUT2D eigenvalue weighted by Gasteiger charge is -2.16. The summed E-state index contributed by atoms with van der Waals surface area (Å²) in [5, 5.41) is 0.806. The number of thioether (sulfide) groups is 1. The second-order valence-electron chi connectivity index (χ2n) is 5.32.